The van der Waals surface area contributed by atoms with Crippen molar-refractivity contribution in [2.24, 2.45) is 0 Å². The summed E-state index contributed by atoms with van der Waals surface area (Å²) in [6, 6.07) is 10.8. The number of rotatable bonds is 9. The molecule has 0 fully saturated rings. The molecule has 2 aromatic carbocycles. The molecule has 0 saturated carbocycles. The van der Waals surface area contributed by atoms with Crippen molar-refractivity contribution in [3.05, 3.63) is 54.1 Å². The summed E-state index contributed by atoms with van der Waals surface area (Å²) in [5, 5.41) is 0. The van der Waals surface area contributed by atoms with Crippen LogP contribution in [0.15, 0.2) is 58.3 Å². The van der Waals surface area contributed by atoms with Gasteiger partial charge in [0.05, 0.1) is 18.4 Å². The molecule has 0 aliphatic carbocycles. The van der Waals surface area contributed by atoms with Gasteiger partial charge in [0, 0.05) is 13.1 Å². The van der Waals surface area contributed by atoms with Crippen LogP contribution in [0, 0.1) is 0 Å². The first-order valence-corrected chi connectivity index (χ1v) is 11.7. The third-order valence-corrected chi connectivity index (χ3v) is 7.49. The second-order valence-electron chi connectivity index (χ2n) is 6.00. The Labute approximate surface area is 171 Å². The van der Waals surface area contributed by atoms with Crippen molar-refractivity contribution < 1.29 is 30.6 Å². The topological polar surface area (TPSA) is 107 Å². The molecule has 0 aliphatic heterocycles. The molecule has 0 heterocycles. The van der Waals surface area contributed by atoms with Gasteiger partial charge in [0.15, 0.2) is 0 Å². The van der Waals surface area contributed by atoms with Crippen LogP contribution >= 0.6 is 0 Å². The first kappa shape index (κ1) is 22.9. The van der Waals surface area contributed by atoms with Crippen LogP contribution < -0.4 is 4.18 Å². The highest BCUT2D eigenvalue weighted by Crippen LogP contribution is 2.22. The maximum atomic E-state index is 12.5. The fourth-order valence-corrected chi connectivity index (χ4v) is 4.96. The Kier molecular flexibility index (Phi) is 7.39. The SMILES string of the molecule is CCN(CC)S(=O)(=O)c1ccc(S(=O)(=O)Oc2ccc(CC(=O)OC)cc2)cc1. The molecular weight excluding hydrogens is 418 g/mol. The summed E-state index contributed by atoms with van der Waals surface area (Å²) in [5.41, 5.74) is 0.646. The zero-order chi connectivity index (χ0) is 21.7. The molecule has 0 saturated heterocycles. The number of ether oxygens (including phenoxy) is 1. The molecule has 8 nitrogen and oxygen atoms in total. The zero-order valence-corrected chi connectivity index (χ0v) is 18.0. The third-order valence-electron chi connectivity index (χ3n) is 4.16. The maximum absolute atomic E-state index is 12.5. The molecule has 0 radical (unpaired) electrons. The molecule has 0 unspecified atom stereocenters. The van der Waals surface area contributed by atoms with Crippen LogP contribution in [0.1, 0.15) is 19.4 Å². The van der Waals surface area contributed by atoms with Crippen molar-refractivity contribution in [3.63, 3.8) is 0 Å². The van der Waals surface area contributed by atoms with Crippen LogP contribution in [-0.2, 0) is 36.1 Å². The van der Waals surface area contributed by atoms with Crippen LogP contribution in [0.2, 0.25) is 0 Å². The molecule has 0 atom stereocenters. The summed E-state index contributed by atoms with van der Waals surface area (Å²) in [6.45, 7) is 4.08. The summed E-state index contributed by atoms with van der Waals surface area (Å²) >= 11 is 0. The minimum atomic E-state index is -4.15. The molecule has 0 aliphatic rings. The van der Waals surface area contributed by atoms with E-state index in [2.05, 4.69) is 4.74 Å². The average Bonchev–Trinajstić information content (AvgIpc) is 2.70. The number of hydrogen-bond donors (Lipinski definition) is 0. The van der Waals surface area contributed by atoms with E-state index in [0.717, 1.165) is 0 Å². The predicted molar refractivity (Wildman–Crippen MR) is 107 cm³/mol. The smallest absolute Gasteiger partial charge is 0.339 e. The number of carbonyl (C=O) groups is 1. The summed E-state index contributed by atoms with van der Waals surface area (Å²) in [6.07, 6.45) is 0.0615. The molecule has 0 N–H and O–H groups in total. The lowest BCUT2D eigenvalue weighted by atomic mass is 10.1. The molecule has 0 aromatic heterocycles. The van der Waals surface area contributed by atoms with Crippen LogP contribution in [0.5, 0.6) is 5.75 Å². The van der Waals surface area contributed by atoms with Crippen LogP contribution in [-0.4, -0.2) is 47.3 Å². The van der Waals surface area contributed by atoms with Gasteiger partial charge in [-0.1, -0.05) is 26.0 Å². The standard InChI is InChI=1S/C19H23NO7S2/c1-4-20(5-2)28(22,23)17-10-12-18(13-11-17)29(24,25)27-16-8-6-15(7-9-16)14-19(21)26-3/h6-13H,4-5,14H2,1-3H3. The van der Waals surface area contributed by atoms with Crippen LogP contribution in [0.4, 0.5) is 0 Å². The van der Waals surface area contributed by atoms with Gasteiger partial charge >= 0.3 is 16.1 Å². The van der Waals surface area contributed by atoms with Gasteiger partial charge < -0.3 is 8.92 Å². The second-order valence-corrected chi connectivity index (χ2v) is 9.48. The monoisotopic (exact) mass is 441 g/mol. The van der Waals surface area contributed by atoms with E-state index in [0.29, 0.717) is 18.7 Å². The minimum Gasteiger partial charge on any atom is -0.469 e. The van der Waals surface area contributed by atoms with Gasteiger partial charge in [-0.15, -0.1) is 0 Å². The molecule has 158 valence electrons. The lowest BCUT2D eigenvalue weighted by Crippen LogP contribution is -2.30. The van der Waals surface area contributed by atoms with Crippen molar-refractivity contribution in [2.45, 2.75) is 30.1 Å². The van der Waals surface area contributed by atoms with Crippen molar-refractivity contribution in [2.75, 3.05) is 20.2 Å². The fourth-order valence-electron chi connectivity index (χ4n) is 2.57. The Bertz CT molecular complexity index is 1040. The van der Waals surface area contributed by atoms with Gasteiger partial charge in [-0.3, -0.25) is 4.79 Å². The Morgan fingerprint density at radius 3 is 1.86 bits per heavy atom. The Balaban J connectivity index is 2.18. The molecule has 2 aromatic rings. The minimum absolute atomic E-state index is 0.00677. The largest absolute Gasteiger partial charge is 0.469 e. The number of carbonyl (C=O) groups excluding carboxylic acids is 1. The van der Waals surface area contributed by atoms with Gasteiger partial charge in [0.1, 0.15) is 10.6 Å². The summed E-state index contributed by atoms with van der Waals surface area (Å²) in [5.74, 6) is -0.343. The van der Waals surface area contributed by atoms with Crippen LogP contribution in [0.3, 0.4) is 0 Å². The number of esters is 1. The quantitative estimate of drug-likeness (QED) is 0.434. The predicted octanol–water partition coefficient (Wildman–Crippen LogP) is 2.20. The van der Waals surface area contributed by atoms with Crippen LogP contribution in [0.25, 0.3) is 0 Å². The summed E-state index contributed by atoms with van der Waals surface area (Å²) in [7, 11) is -6.54. The lowest BCUT2D eigenvalue weighted by Gasteiger charge is -2.18. The van der Waals surface area contributed by atoms with E-state index < -0.39 is 26.1 Å². The molecule has 29 heavy (non-hydrogen) atoms. The van der Waals surface area contributed by atoms with Gasteiger partial charge in [-0.2, -0.15) is 12.7 Å². The van der Waals surface area contributed by atoms with Gasteiger partial charge in [-0.05, 0) is 42.0 Å². The fraction of sp³-hybridized carbons (Fsp3) is 0.316. The molecule has 0 amide bonds. The van der Waals surface area contributed by atoms with Crippen molar-refractivity contribution in [3.8, 4) is 5.75 Å². The van der Waals surface area contributed by atoms with Gasteiger partial charge in [0.2, 0.25) is 10.0 Å². The highest BCUT2D eigenvalue weighted by Gasteiger charge is 2.23. The molecule has 10 heteroatoms. The Morgan fingerprint density at radius 2 is 1.38 bits per heavy atom. The first-order valence-electron chi connectivity index (χ1n) is 8.84. The number of nitrogens with zero attached hydrogens (tertiary/aromatic N) is 1. The van der Waals surface area contributed by atoms with E-state index >= 15 is 0 Å². The summed E-state index contributed by atoms with van der Waals surface area (Å²) < 4.78 is 60.8. The average molecular weight is 442 g/mol. The molecule has 2 rings (SSSR count). The Morgan fingerprint density at radius 1 is 0.862 bits per heavy atom. The lowest BCUT2D eigenvalue weighted by molar-refractivity contribution is -0.139. The number of benzene rings is 2. The van der Waals surface area contributed by atoms with Gasteiger partial charge in [0.25, 0.3) is 0 Å². The van der Waals surface area contributed by atoms with E-state index in [1.54, 1.807) is 26.0 Å². The first-order chi connectivity index (χ1) is 13.6. The van der Waals surface area contributed by atoms with E-state index in [1.807, 2.05) is 0 Å². The number of methoxy groups -OCH3 is 1. The van der Waals surface area contributed by atoms with E-state index in [9.17, 15) is 21.6 Å². The highest BCUT2D eigenvalue weighted by atomic mass is 32.2. The summed E-state index contributed by atoms with van der Waals surface area (Å²) in [4.78, 5) is 11.1. The number of hydrogen-bond acceptors (Lipinski definition) is 7. The second kappa shape index (κ2) is 9.38. The molecule has 0 spiro atoms. The van der Waals surface area contributed by atoms with E-state index in [1.165, 1.54) is 47.8 Å². The Hall–Kier alpha value is -2.43. The van der Waals surface area contributed by atoms with Crippen molar-refractivity contribution in [1.29, 1.82) is 0 Å². The third kappa shape index (κ3) is 5.55. The van der Waals surface area contributed by atoms with Crippen molar-refractivity contribution in [1.82, 2.24) is 4.31 Å². The van der Waals surface area contributed by atoms with Crippen molar-refractivity contribution >= 4 is 26.1 Å². The molecular formula is C19H23NO7S2. The highest BCUT2D eigenvalue weighted by molar-refractivity contribution is 7.89. The maximum Gasteiger partial charge on any atom is 0.339 e. The normalized spacial score (nSPS) is 12.0. The van der Waals surface area contributed by atoms with E-state index in [4.69, 9.17) is 4.18 Å². The number of sulfonamides is 1. The van der Waals surface area contributed by atoms with Gasteiger partial charge in [-0.25, -0.2) is 8.42 Å². The molecule has 0 bridgehead atoms. The zero-order valence-electron chi connectivity index (χ0n) is 16.4. The van der Waals surface area contributed by atoms with E-state index in [-0.39, 0.29) is 22.0 Å².